The van der Waals surface area contributed by atoms with Crippen molar-refractivity contribution in [2.24, 2.45) is 12.8 Å². The molecule has 0 radical (unpaired) electrons. The molecule has 0 spiro atoms. The standard InChI is InChI=1S/C13H12F3N3.C6H6N4O/c14-13(15,16)12-7-10(5-6-17-12)19-8-9-3-1-2-4-11(9)18-19;1-10-5(6(8)11)2-4(3-7)9-10/h5-8H,1-4H2;2H,1H3,(H2,8,11). The van der Waals surface area contributed by atoms with E-state index in [0.29, 0.717) is 5.69 Å². The third-order valence-electron chi connectivity index (χ3n) is 4.53. The monoisotopic (exact) mass is 417 g/mol. The number of halogens is 3. The molecule has 2 N–H and O–H groups in total. The minimum Gasteiger partial charge on any atom is -0.364 e. The number of fused-ring (bicyclic) bond motifs is 1. The molecule has 11 heteroatoms. The zero-order chi connectivity index (χ0) is 21.9. The van der Waals surface area contributed by atoms with Crippen LogP contribution >= 0.6 is 0 Å². The normalized spacial score (nSPS) is 13.0. The minimum absolute atomic E-state index is 0.196. The van der Waals surface area contributed by atoms with E-state index >= 15 is 0 Å². The summed E-state index contributed by atoms with van der Waals surface area (Å²) < 4.78 is 40.7. The van der Waals surface area contributed by atoms with Crippen molar-refractivity contribution in [2.75, 3.05) is 0 Å². The molecule has 4 rings (SSSR count). The Labute approximate surface area is 169 Å². The Balaban J connectivity index is 0.000000199. The first-order valence-electron chi connectivity index (χ1n) is 9.04. The first kappa shape index (κ1) is 21.0. The number of pyridine rings is 1. The Morgan fingerprint density at radius 3 is 2.53 bits per heavy atom. The summed E-state index contributed by atoms with van der Waals surface area (Å²) in [5.74, 6) is -0.582. The Bertz CT molecular complexity index is 1080. The van der Waals surface area contributed by atoms with Crippen LogP contribution in [-0.4, -0.2) is 30.5 Å². The molecule has 0 saturated carbocycles. The lowest BCUT2D eigenvalue weighted by atomic mass is 9.99. The first-order chi connectivity index (χ1) is 14.2. The largest absolute Gasteiger partial charge is 0.433 e. The number of hydrogen-bond donors (Lipinski definition) is 1. The van der Waals surface area contributed by atoms with E-state index in [1.54, 1.807) is 13.1 Å². The number of primary amides is 1. The van der Waals surface area contributed by atoms with Crippen LogP contribution in [0.2, 0.25) is 0 Å². The lowest BCUT2D eigenvalue weighted by Gasteiger charge is -2.07. The number of rotatable bonds is 2. The molecule has 0 atom stereocenters. The topological polar surface area (TPSA) is 115 Å². The number of nitrogens with zero attached hydrogens (tertiary/aromatic N) is 6. The maximum absolute atomic E-state index is 12.6. The van der Waals surface area contributed by atoms with Crippen LogP contribution in [0.1, 0.15) is 46.0 Å². The van der Waals surface area contributed by atoms with Gasteiger partial charge in [0, 0.05) is 25.5 Å². The van der Waals surface area contributed by atoms with Gasteiger partial charge < -0.3 is 5.73 Å². The average molecular weight is 417 g/mol. The molecule has 3 aromatic rings. The van der Waals surface area contributed by atoms with E-state index in [1.807, 2.05) is 6.20 Å². The number of aryl methyl sites for hydroxylation is 3. The van der Waals surface area contributed by atoms with Gasteiger partial charge in [-0.2, -0.15) is 28.6 Å². The summed E-state index contributed by atoms with van der Waals surface area (Å²) in [4.78, 5) is 14.0. The van der Waals surface area contributed by atoms with Crippen LogP contribution in [0, 0.1) is 11.3 Å². The van der Waals surface area contributed by atoms with Crippen molar-refractivity contribution in [3.8, 4) is 11.8 Å². The van der Waals surface area contributed by atoms with Gasteiger partial charge in [0.25, 0.3) is 5.91 Å². The quantitative estimate of drug-likeness (QED) is 0.688. The van der Waals surface area contributed by atoms with Crippen molar-refractivity contribution in [3.05, 3.63) is 58.9 Å². The van der Waals surface area contributed by atoms with Gasteiger partial charge in [-0.15, -0.1) is 0 Å². The highest BCUT2D eigenvalue weighted by Crippen LogP contribution is 2.29. The minimum atomic E-state index is -4.43. The van der Waals surface area contributed by atoms with Crippen molar-refractivity contribution < 1.29 is 18.0 Å². The zero-order valence-corrected chi connectivity index (χ0v) is 16.0. The Hall–Kier alpha value is -3.68. The third kappa shape index (κ3) is 4.65. The Kier molecular flexibility index (Phi) is 5.86. The summed E-state index contributed by atoms with van der Waals surface area (Å²) in [5, 5.41) is 16.5. The molecule has 0 bridgehead atoms. The number of aromatic nitrogens is 5. The highest BCUT2D eigenvalue weighted by atomic mass is 19.4. The maximum Gasteiger partial charge on any atom is 0.433 e. The molecule has 156 valence electrons. The van der Waals surface area contributed by atoms with Crippen molar-refractivity contribution in [3.63, 3.8) is 0 Å². The van der Waals surface area contributed by atoms with Crippen molar-refractivity contribution >= 4 is 5.91 Å². The van der Waals surface area contributed by atoms with Crippen LogP contribution in [0.4, 0.5) is 13.2 Å². The molecule has 0 aliphatic heterocycles. The fourth-order valence-electron chi connectivity index (χ4n) is 3.07. The third-order valence-corrected chi connectivity index (χ3v) is 4.53. The second-order valence-corrected chi connectivity index (χ2v) is 6.66. The van der Waals surface area contributed by atoms with Gasteiger partial charge >= 0.3 is 6.18 Å². The van der Waals surface area contributed by atoms with E-state index in [9.17, 15) is 18.0 Å². The fraction of sp³-hybridized carbons (Fsp3) is 0.316. The lowest BCUT2D eigenvalue weighted by Crippen LogP contribution is -2.15. The van der Waals surface area contributed by atoms with E-state index in [-0.39, 0.29) is 11.4 Å². The highest BCUT2D eigenvalue weighted by Gasteiger charge is 2.32. The van der Waals surface area contributed by atoms with Crippen LogP contribution < -0.4 is 5.73 Å². The van der Waals surface area contributed by atoms with Crippen LogP contribution in [-0.2, 0) is 26.1 Å². The SMILES string of the molecule is Cn1nc(C#N)cc1C(N)=O.FC(F)(F)c1cc(-n2cc3c(n2)CCCC3)ccn1. The van der Waals surface area contributed by atoms with Gasteiger partial charge in [0.15, 0.2) is 5.69 Å². The van der Waals surface area contributed by atoms with Crippen molar-refractivity contribution in [1.29, 1.82) is 5.26 Å². The predicted octanol–water partition coefficient (Wildman–Crippen LogP) is 2.56. The van der Waals surface area contributed by atoms with Gasteiger partial charge in [0.05, 0.1) is 11.4 Å². The molecular formula is C19H18F3N7O. The first-order valence-corrected chi connectivity index (χ1v) is 9.04. The molecular weight excluding hydrogens is 399 g/mol. The lowest BCUT2D eigenvalue weighted by molar-refractivity contribution is -0.141. The number of nitrogens with two attached hydrogens (primary N) is 1. The molecule has 0 saturated heterocycles. The number of carbonyl (C=O) groups excluding carboxylic acids is 1. The molecule has 1 aliphatic carbocycles. The van der Waals surface area contributed by atoms with Gasteiger partial charge in [0.2, 0.25) is 0 Å². The van der Waals surface area contributed by atoms with Crippen LogP contribution in [0.25, 0.3) is 5.69 Å². The van der Waals surface area contributed by atoms with Gasteiger partial charge in [0.1, 0.15) is 17.5 Å². The summed E-state index contributed by atoms with van der Waals surface area (Å²) in [6.45, 7) is 0. The summed E-state index contributed by atoms with van der Waals surface area (Å²) in [6, 6.07) is 5.71. The Morgan fingerprint density at radius 2 is 1.97 bits per heavy atom. The van der Waals surface area contributed by atoms with Crippen LogP contribution in [0.3, 0.4) is 0 Å². The second-order valence-electron chi connectivity index (χ2n) is 6.66. The smallest absolute Gasteiger partial charge is 0.364 e. The van der Waals surface area contributed by atoms with Gasteiger partial charge in [-0.1, -0.05) is 0 Å². The number of hydrogen-bond acceptors (Lipinski definition) is 5. The van der Waals surface area contributed by atoms with E-state index < -0.39 is 17.8 Å². The number of amides is 1. The molecule has 0 aromatic carbocycles. The number of nitriles is 1. The molecule has 30 heavy (non-hydrogen) atoms. The Morgan fingerprint density at radius 1 is 1.23 bits per heavy atom. The van der Waals surface area contributed by atoms with E-state index in [4.69, 9.17) is 11.0 Å². The molecule has 3 aromatic heterocycles. The molecule has 0 fully saturated rings. The summed E-state index contributed by atoms with van der Waals surface area (Å²) in [5.41, 5.74) is 7.05. The zero-order valence-electron chi connectivity index (χ0n) is 16.0. The summed E-state index contributed by atoms with van der Waals surface area (Å²) >= 11 is 0. The average Bonchev–Trinajstić information content (AvgIpc) is 3.31. The molecule has 1 amide bonds. The van der Waals surface area contributed by atoms with E-state index in [2.05, 4.69) is 15.2 Å². The summed E-state index contributed by atoms with van der Waals surface area (Å²) in [6.07, 6.45) is 2.62. The van der Waals surface area contributed by atoms with Crippen LogP contribution in [0.15, 0.2) is 30.6 Å². The maximum atomic E-state index is 12.6. The van der Waals surface area contributed by atoms with Crippen LogP contribution in [0.5, 0.6) is 0 Å². The fourth-order valence-corrected chi connectivity index (χ4v) is 3.07. The summed E-state index contributed by atoms with van der Waals surface area (Å²) in [7, 11) is 1.56. The number of alkyl halides is 3. The highest BCUT2D eigenvalue weighted by molar-refractivity contribution is 5.91. The van der Waals surface area contributed by atoms with Crippen molar-refractivity contribution in [1.82, 2.24) is 24.5 Å². The molecule has 8 nitrogen and oxygen atoms in total. The van der Waals surface area contributed by atoms with Gasteiger partial charge in [-0.25, -0.2) is 4.68 Å². The van der Waals surface area contributed by atoms with E-state index in [0.717, 1.165) is 43.0 Å². The van der Waals surface area contributed by atoms with Crippen molar-refractivity contribution in [2.45, 2.75) is 31.9 Å². The second kappa shape index (κ2) is 8.36. The molecule has 1 aliphatic rings. The van der Waals surface area contributed by atoms with Gasteiger partial charge in [-0.05, 0) is 43.4 Å². The van der Waals surface area contributed by atoms with Gasteiger partial charge in [-0.3, -0.25) is 14.5 Å². The molecule has 3 heterocycles. The molecule has 0 unspecified atom stereocenters. The van der Waals surface area contributed by atoms with E-state index in [1.165, 1.54) is 27.7 Å². The number of carbonyl (C=O) groups is 1. The predicted molar refractivity (Wildman–Crippen MR) is 99.4 cm³/mol.